The molecule has 6 heteroatoms. The highest BCUT2D eigenvalue weighted by molar-refractivity contribution is 5.22. The smallest absolute Gasteiger partial charge is 0.123 e. The molecule has 2 aliphatic heterocycles. The Labute approximate surface area is 141 Å². The Bertz CT molecular complexity index is 685. The molecule has 2 aliphatic rings. The molecule has 128 valence electrons. The van der Waals surface area contributed by atoms with Crippen molar-refractivity contribution in [1.82, 2.24) is 19.8 Å². The first-order valence-corrected chi connectivity index (χ1v) is 8.55. The molecule has 2 fully saturated rings. The van der Waals surface area contributed by atoms with Gasteiger partial charge in [0, 0.05) is 31.9 Å². The predicted molar refractivity (Wildman–Crippen MR) is 89.4 cm³/mol. The monoisotopic (exact) mass is 330 g/mol. The van der Waals surface area contributed by atoms with Crippen LogP contribution in [0.1, 0.15) is 30.3 Å². The number of benzene rings is 1. The summed E-state index contributed by atoms with van der Waals surface area (Å²) in [6.45, 7) is 6.60. The van der Waals surface area contributed by atoms with Gasteiger partial charge in [-0.2, -0.15) is 0 Å². The third-order valence-electron chi connectivity index (χ3n) is 5.19. The first kappa shape index (κ1) is 15.7. The summed E-state index contributed by atoms with van der Waals surface area (Å²) in [6, 6.07) is 7.45. The second kappa shape index (κ2) is 6.63. The zero-order chi connectivity index (χ0) is 16.5. The van der Waals surface area contributed by atoms with E-state index in [-0.39, 0.29) is 17.9 Å². The molecule has 1 aromatic carbocycles. The lowest BCUT2D eigenvalue weighted by Crippen LogP contribution is -2.58. The van der Waals surface area contributed by atoms with Gasteiger partial charge in [0.15, 0.2) is 0 Å². The quantitative estimate of drug-likeness (QED) is 0.934. The number of morpholine rings is 1. The first-order chi connectivity index (χ1) is 11.7. The van der Waals surface area contributed by atoms with E-state index in [0.717, 1.165) is 31.8 Å². The fraction of sp³-hybridized carbons (Fsp3) is 0.500. The largest absolute Gasteiger partial charge is 0.378 e. The van der Waals surface area contributed by atoms with Gasteiger partial charge in [-0.1, -0.05) is 12.1 Å². The summed E-state index contributed by atoms with van der Waals surface area (Å²) < 4.78 is 21.2. The predicted octanol–water partition coefficient (Wildman–Crippen LogP) is 1.98. The van der Waals surface area contributed by atoms with Gasteiger partial charge in [0.2, 0.25) is 0 Å². The zero-order valence-electron chi connectivity index (χ0n) is 13.9. The molecule has 3 atom stereocenters. The van der Waals surface area contributed by atoms with Crippen LogP contribution in [0, 0.1) is 5.82 Å². The fourth-order valence-electron chi connectivity index (χ4n) is 3.81. The first-order valence-electron chi connectivity index (χ1n) is 8.55. The van der Waals surface area contributed by atoms with Crippen LogP contribution in [0.25, 0.3) is 0 Å². The van der Waals surface area contributed by atoms with Gasteiger partial charge < -0.3 is 14.6 Å². The molecule has 0 aliphatic carbocycles. The van der Waals surface area contributed by atoms with Crippen LogP contribution in [0.3, 0.4) is 0 Å². The van der Waals surface area contributed by atoms with E-state index in [0.29, 0.717) is 12.6 Å². The average molecular weight is 330 g/mol. The molecule has 0 radical (unpaired) electrons. The van der Waals surface area contributed by atoms with Gasteiger partial charge in [-0.25, -0.2) is 9.37 Å². The standard InChI is InChI=1S/C18H23FN4O/c1-13(14-2-4-15(19)5-3-14)23-12-21-9-17(23)18-11-24-10-16-8-20-6-7-22(16)18/h2-5,9,12-13,16,18,20H,6-8,10-11H2,1H3. The van der Waals surface area contributed by atoms with E-state index < -0.39 is 0 Å². The Kier molecular flexibility index (Phi) is 4.35. The fourth-order valence-corrected chi connectivity index (χ4v) is 3.81. The number of piperazine rings is 1. The zero-order valence-corrected chi connectivity index (χ0v) is 13.9. The van der Waals surface area contributed by atoms with Crippen molar-refractivity contribution in [3.8, 4) is 0 Å². The number of halogens is 1. The maximum absolute atomic E-state index is 13.2. The number of ether oxygens (including phenoxy) is 1. The van der Waals surface area contributed by atoms with Crippen molar-refractivity contribution in [3.63, 3.8) is 0 Å². The molecule has 0 amide bonds. The number of nitrogens with one attached hydrogen (secondary N) is 1. The molecule has 3 unspecified atom stereocenters. The van der Waals surface area contributed by atoms with Crippen LogP contribution >= 0.6 is 0 Å². The minimum atomic E-state index is -0.207. The number of hydrogen-bond donors (Lipinski definition) is 1. The summed E-state index contributed by atoms with van der Waals surface area (Å²) in [4.78, 5) is 6.92. The molecule has 2 aromatic rings. The summed E-state index contributed by atoms with van der Waals surface area (Å²) in [6.07, 6.45) is 3.81. The SMILES string of the molecule is CC(c1ccc(F)cc1)n1cncc1C1COCC2CNCCN21. The Morgan fingerprint density at radius 3 is 2.96 bits per heavy atom. The minimum absolute atomic E-state index is 0.103. The van der Waals surface area contributed by atoms with Crippen LogP contribution in [0.2, 0.25) is 0 Å². The Hall–Kier alpha value is -1.76. The lowest BCUT2D eigenvalue weighted by molar-refractivity contribution is -0.0617. The number of hydrogen-bond acceptors (Lipinski definition) is 4. The van der Waals surface area contributed by atoms with E-state index in [1.807, 2.05) is 24.7 Å². The number of nitrogens with zero attached hydrogens (tertiary/aromatic N) is 3. The van der Waals surface area contributed by atoms with Crippen molar-refractivity contribution in [1.29, 1.82) is 0 Å². The van der Waals surface area contributed by atoms with Crippen molar-refractivity contribution in [2.24, 2.45) is 0 Å². The molecule has 3 heterocycles. The van der Waals surface area contributed by atoms with Gasteiger partial charge in [-0.3, -0.25) is 4.90 Å². The van der Waals surface area contributed by atoms with Crippen molar-refractivity contribution in [2.75, 3.05) is 32.8 Å². The van der Waals surface area contributed by atoms with E-state index in [2.05, 4.69) is 26.7 Å². The summed E-state index contributed by atoms with van der Waals surface area (Å²) in [5, 5.41) is 3.44. The minimum Gasteiger partial charge on any atom is -0.378 e. The van der Waals surface area contributed by atoms with Gasteiger partial charge >= 0.3 is 0 Å². The summed E-state index contributed by atoms with van der Waals surface area (Å²) >= 11 is 0. The lowest BCUT2D eigenvalue weighted by Gasteiger charge is -2.45. The summed E-state index contributed by atoms with van der Waals surface area (Å²) in [5.74, 6) is -0.207. The number of rotatable bonds is 3. The maximum atomic E-state index is 13.2. The van der Waals surface area contributed by atoms with Gasteiger partial charge in [0.25, 0.3) is 0 Å². The highest BCUT2D eigenvalue weighted by atomic mass is 19.1. The molecule has 5 nitrogen and oxygen atoms in total. The maximum Gasteiger partial charge on any atom is 0.123 e. The highest BCUT2D eigenvalue weighted by Gasteiger charge is 2.35. The number of imidazole rings is 1. The third-order valence-corrected chi connectivity index (χ3v) is 5.19. The second-order valence-electron chi connectivity index (χ2n) is 6.60. The third kappa shape index (κ3) is 2.85. The highest BCUT2D eigenvalue weighted by Crippen LogP contribution is 2.31. The van der Waals surface area contributed by atoms with Crippen molar-refractivity contribution >= 4 is 0 Å². The van der Waals surface area contributed by atoms with Crippen molar-refractivity contribution in [2.45, 2.75) is 25.0 Å². The molecular formula is C18H23FN4O. The van der Waals surface area contributed by atoms with Gasteiger partial charge in [-0.05, 0) is 24.6 Å². The van der Waals surface area contributed by atoms with E-state index in [1.165, 1.54) is 17.8 Å². The van der Waals surface area contributed by atoms with Crippen LogP contribution in [0.15, 0.2) is 36.8 Å². The second-order valence-corrected chi connectivity index (χ2v) is 6.60. The summed E-state index contributed by atoms with van der Waals surface area (Å²) in [7, 11) is 0. The normalized spacial score (nSPS) is 26.1. The van der Waals surface area contributed by atoms with E-state index in [1.54, 1.807) is 0 Å². The Balaban J connectivity index is 1.63. The van der Waals surface area contributed by atoms with Crippen LogP contribution in [-0.4, -0.2) is 53.3 Å². The molecule has 0 spiro atoms. The Morgan fingerprint density at radius 1 is 1.29 bits per heavy atom. The van der Waals surface area contributed by atoms with E-state index >= 15 is 0 Å². The molecule has 4 rings (SSSR count). The van der Waals surface area contributed by atoms with Gasteiger partial charge in [0.1, 0.15) is 5.82 Å². The number of fused-ring (bicyclic) bond motifs is 1. The van der Waals surface area contributed by atoms with Crippen molar-refractivity contribution < 1.29 is 9.13 Å². The van der Waals surface area contributed by atoms with E-state index in [4.69, 9.17) is 4.74 Å². The van der Waals surface area contributed by atoms with Crippen LogP contribution in [-0.2, 0) is 4.74 Å². The molecule has 1 aromatic heterocycles. The van der Waals surface area contributed by atoms with Gasteiger partial charge in [0.05, 0.1) is 37.3 Å². The molecule has 0 bridgehead atoms. The van der Waals surface area contributed by atoms with Crippen molar-refractivity contribution in [3.05, 3.63) is 53.9 Å². The van der Waals surface area contributed by atoms with Crippen LogP contribution in [0.5, 0.6) is 0 Å². The van der Waals surface area contributed by atoms with E-state index in [9.17, 15) is 4.39 Å². The summed E-state index contributed by atoms with van der Waals surface area (Å²) in [5.41, 5.74) is 2.24. The van der Waals surface area contributed by atoms with Crippen LogP contribution in [0.4, 0.5) is 4.39 Å². The van der Waals surface area contributed by atoms with Gasteiger partial charge in [-0.15, -0.1) is 0 Å². The lowest BCUT2D eigenvalue weighted by atomic mass is 10.0. The number of aromatic nitrogens is 2. The molecule has 0 saturated carbocycles. The topological polar surface area (TPSA) is 42.3 Å². The molecule has 1 N–H and O–H groups in total. The molecule has 2 saturated heterocycles. The average Bonchev–Trinajstić information content (AvgIpc) is 3.11. The van der Waals surface area contributed by atoms with Crippen LogP contribution < -0.4 is 5.32 Å². The molecular weight excluding hydrogens is 307 g/mol. The Morgan fingerprint density at radius 2 is 2.12 bits per heavy atom. The molecule has 24 heavy (non-hydrogen) atoms.